The number of carbonyl (C=O) groups excluding carboxylic acids is 1. The second kappa shape index (κ2) is 6.25. The van der Waals surface area contributed by atoms with Crippen molar-refractivity contribution >= 4 is 11.6 Å². The van der Waals surface area contributed by atoms with Crippen LogP contribution in [0.15, 0.2) is 24.3 Å². The molecular formula is C13H21N3O. The van der Waals surface area contributed by atoms with Gasteiger partial charge < -0.3 is 15.5 Å². The van der Waals surface area contributed by atoms with Gasteiger partial charge in [-0.05, 0) is 45.3 Å². The van der Waals surface area contributed by atoms with Crippen LogP contribution < -0.4 is 5.73 Å². The molecule has 0 bridgehead atoms. The molecule has 1 aromatic rings. The van der Waals surface area contributed by atoms with Gasteiger partial charge in [0.25, 0.3) is 5.91 Å². The summed E-state index contributed by atoms with van der Waals surface area (Å²) < 4.78 is 0. The molecule has 2 N–H and O–H groups in total. The zero-order valence-electron chi connectivity index (χ0n) is 10.8. The van der Waals surface area contributed by atoms with Gasteiger partial charge in [0, 0.05) is 30.9 Å². The second-order valence-electron chi connectivity index (χ2n) is 4.31. The first-order valence-corrected chi connectivity index (χ1v) is 5.84. The highest BCUT2D eigenvalue weighted by Crippen LogP contribution is 2.08. The zero-order valence-corrected chi connectivity index (χ0v) is 10.8. The highest BCUT2D eigenvalue weighted by Gasteiger charge is 2.13. The number of hydrogen-bond donors (Lipinski definition) is 1. The zero-order chi connectivity index (χ0) is 12.8. The summed E-state index contributed by atoms with van der Waals surface area (Å²) >= 11 is 0. The summed E-state index contributed by atoms with van der Waals surface area (Å²) in [6.45, 7) is 4.32. The van der Waals surface area contributed by atoms with Crippen molar-refractivity contribution in [1.29, 1.82) is 0 Å². The summed E-state index contributed by atoms with van der Waals surface area (Å²) in [6.07, 6.45) is 0. The molecule has 0 saturated heterocycles. The molecule has 0 spiro atoms. The summed E-state index contributed by atoms with van der Waals surface area (Å²) in [7, 11) is 4.00. The van der Waals surface area contributed by atoms with Gasteiger partial charge in [-0.15, -0.1) is 0 Å². The second-order valence-corrected chi connectivity index (χ2v) is 4.31. The average molecular weight is 235 g/mol. The minimum atomic E-state index is 0.0642. The van der Waals surface area contributed by atoms with E-state index in [0.717, 1.165) is 19.6 Å². The number of carbonyl (C=O) groups is 1. The van der Waals surface area contributed by atoms with Crippen molar-refractivity contribution in [1.82, 2.24) is 9.80 Å². The third-order valence-corrected chi connectivity index (χ3v) is 2.64. The summed E-state index contributed by atoms with van der Waals surface area (Å²) in [4.78, 5) is 16.1. The van der Waals surface area contributed by atoms with E-state index in [9.17, 15) is 4.79 Å². The number of rotatable bonds is 5. The minimum absolute atomic E-state index is 0.0642. The lowest BCUT2D eigenvalue weighted by Gasteiger charge is -2.22. The van der Waals surface area contributed by atoms with E-state index in [1.165, 1.54) is 0 Å². The molecule has 0 aliphatic rings. The number of amides is 1. The lowest BCUT2D eigenvalue weighted by Crippen LogP contribution is -2.36. The van der Waals surface area contributed by atoms with Gasteiger partial charge >= 0.3 is 0 Å². The Bertz CT molecular complexity index is 359. The number of nitrogens with zero attached hydrogens (tertiary/aromatic N) is 2. The van der Waals surface area contributed by atoms with Crippen molar-refractivity contribution in [2.75, 3.05) is 39.5 Å². The van der Waals surface area contributed by atoms with Crippen LogP contribution in [0.1, 0.15) is 17.3 Å². The number of likely N-dealkylation sites (N-methyl/N-ethyl adjacent to an activating group) is 2. The molecule has 1 aromatic carbocycles. The lowest BCUT2D eigenvalue weighted by atomic mass is 10.2. The van der Waals surface area contributed by atoms with E-state index >= 15 is 0 Å². The quantitative estimate of drug-likeness (QED) is 0.782. The maximum atomic E-state index is 12.2. The first-order valence-electron chi connectivity index (χ1n) is 5.84. The Balaban J connectivity index is 2.68. The Morgan fingerprint density at radius 3 is 2.24 bits per heavy atom. The van der Waals surface area contributed by atoms with Gasteiger partial charge in [-0.25, -0.2) is 0 Å². The van der Waals surface area contributed by atoms with E-state index in [0.29, 0.717) is 11.3 Å². The van der Waals surface area contributed by atoms with Gasteiger partial charge in [-0.2, -0.15) is 0 Å². The Labute approximate surface area is 103 Å². The molecule has 17 heavy (non-hydrogen) atoms. The fourth-order valence-electron chi connectivity index (χ4n) is 1.53. The third-order valence-electron chi connectivity index (χ3n) is 2.64. The Hall–Kier alpha value is -1.55. The van der Waals surface area contributed by atoms with E-state index in [1.54, 1.807) is 24.3 Å². The van der Waals surface area contributed by atoms with Crippen molar-refractivity contribution in [3.8, 4) is 0 Å². The lowest BCUT2D eigenvalue weighted by molar-refractivity contribution is 0.0754. The molecule has 0 aliphatic heterocycles. The van der Waals surface area contributed by atoms with Crippen LogP contribution in [0.2, 0.25) is 0 Å². The Morgan fingerprint density at radius 1 is 1.18 bits per heavy atom. The number of hydrogen-bond acceptors (Lipinski definition) is 3. The molecule has 94 valence electrons. The molecular weight excluding hydrogens is 214 g/mol. The van der Waals surface area contributed by atoms with Gasteiger partial charge in [0.15, 0.2) is 0 Å². The highest BCUT2D eigenvalue weighted by atomic mass is 16.2. The van der Waals surface area contributed by atoms with E-state index in [4.69, 9.17) is 5.73 Å². The molecule has 4 heteroatoms. The maximum absolute atomic E-state index is 12.2. The van der Waals surface area contributed by atoms with Crippen LogP contribution in [0.5, 0.6) is 0 Å². The first-order chi connectivity index (χ1) is 8.04. The number of nitrogens with two attached hydrogens (primary N) is 1. The molecule has 1 rings (SSSR count). The standard InChI is InChI=1S/C13H21N3O/c1-4-16(10-9-15(2)3)13(17)11-5-7-12(14)8-6-11/h5-8H,4,9-10,14H2,1-3H3. The van der Waals surface area contributed by atoms with Gasteiger partial charge in [-0.1, -0.05) is 0 Å². The summed E-state index contributed by atoms with van der Waals surface area (Å²) in [5, 5.41) is 0. The van der Waals surface area contributed by atoms with Gasteiger partial charge in [0.2, 0.25) is 0 Å². The monoisotopic (exact) mass is 235 g/mol. The third kappa shape index (κ3) is 4.07. The minimum Gasteiger partial charge on any atom is -0.399 e. The topological polar surface area (TPSA) is 49.6 Å². The predicted octanol–water partition coefficient (Wildman–Crippen LogP) is 1.29. The van der Waals surface area contributed by atoms with E-state index in [1.807, 2.05) is 25.9 Å². The Kier molecular flexibility index (Phi) is 4.97. The largest absolute Gasteiger partial charge is 0.399 e. The molecule has 4 nitrogen and oxygen atoms in total. The highest BCUT2D eigenvalue weighted by molar-refractivity contribution is 5.94. The maximum Gasteiger partial charge on any atom is 0.253 e. The van der Waals surface area contributed by atoms with Crippen LogP contribution in [0.3, 0.4) is 0 Å². The molecule has 0 unspecified atom stereocenters. The molecule has 0 radical (unpaired) electrons. The smallest absolute Gasteiger partial charge is 0.253 e. The molecule has 0 heterocycles. The summed E-state index contributed by atoms with van der Waals surface area (Å²) in [6, 6.07) is 7.06. The first kappa shape index (κ1) is 13.5. The van der Waals surface area contributed by atoms with Crippen molar-refractivity contribution < 1.29 is 4.79 Å². The van der Waals surface area contributed by atoms with Crippen LogP contribution in [0, 0.1) is 0 Å². The molecule has 0 fully saturated rings. The normalized spacial score (nSPS) is 10.6. The molecule has 0 aliphatic carbocycles. The molecule has 1 amide bonds. The van der Waals surface area contributed by atoms with Crippen molar-refractivity contribution in [2.24, 2.45) is 0 Å². The van der Waals surface area contributed by atoms with Gasteiger partial charge in [-0.3, -0.25) is 4.79 Å². The van der Waals surface area contributed by atoms with Crippen LogP contribution in [-0.4, -0.2) is 49.4 Å². The van der Waals surface area contributed by atoms with Crippen LogP contribution in [-0.2, 0) is 0 Å². The van der Waals surface area contributed by atoms with Crippen molar-refractivity contribution in [3.05, 3.63) is 29.8 Å². The number of benzene rings is 1. The van der Waals surface area contributed by atoms with Crippen LogP contribution >= 0.6 is 0 Å². The Morgan fingerprint density at radius 2 is 1.76 bits per heavy atom. The summed E-state index contributed by atoms with van der Waals surface area (Å²) in [5.74, 6) is 0.0642. The molecule has 0 aromatic heterocycles. The fraction of sp³-hybridized carbons (Fsp3) is 0.462. The van der Waals surface area contributed by atoms with Crippen LogP contribution in [0.4, 0.5) is 5.69 Å². The fourth-order valence-corrected chi connectivity index (χ4v) is 1.53. The summed E-state index contributed by atoms with van der Waals surface area (Å²) in [5.41, 5.74) is 6.98. The van der Waals surface area contributed by atoms with Crippen LogP contribution in [0.25, 0.3) is 0 Å². The van der Waals surface area contributed by atoms with Crippen molar-refractivity contribution in [2.45, 2.75) is 6.92 Å². The number of anilines is 1. The van der Waals surface area contributed by atoms with Gasteiger partial charge in [0.05, 0.1) is 0 Å². The average Bonchev–Trinajstić information content (AvgIpc) is 2.30. The van der Waals surface area contributed by atoms with E-state index in [-0.39, 0.29) is 5.91 Å². The van der Waals surface area contributed by atoms with Gasteiger partial charge in [0.1, 0.15) is 0 Å². The van der Waals surface area contributed by atoms with E-state index < -0.39 is 0 Å². The molecule has 0 saturated carbocycles. The van der Waals surface area contributed by atoms with E-state index in [2.05, 4.69) is 4.90 Å². The van der Waals surface area contributed by atoms with Crippen molar-refractivity contribution in [3.63, 3.8) is 0 Å². The number of nitrogen functional groups attached to an aromatic ring is 1. The molecule has 0 atom stereocenters. The predicted molar refractivity (Wildman–Crippen MR) is 71.0 cm³/mol. The SMILES string of the molecule is CCN(CCN(C)C)C(=O)c1ccc(N)cc1.